The van der Waals surface area contributed by atoms with Gasteiger partial charge in [-0.2, -0.15) is 0 Å². The van der Waals surface area contributed by atoms with Crippen LogP contribution in [0, 0.1) is 0 Å². The molecule has 3 aromatic carbocycles. The van der Waals surface area contributed by atoms with Crippen molar-refractivity contribution in [2.45, 2.75) is 11.8 Å². The van der Waals surface area contributed by atoms with Crippen molar-refractivity contribution in [3.05, 3.63) is 66.7 Å². The molecule has 2 N–H and O–H groups in total. The van der Waals surface area contributed by atoms with Gasteiger partial charge in [0.1, 0.15) is 0 Å². The van der Waals surface area contributed by atoms with Crippen molar-refractivity contribution in [3.63, 3.8) is 0 Å². The van der Waals surface area contributed by atoms with Gasteiger partial charge >= 0.3 is 0 Å². The number of ether oxygens (including phenoxy) is 2. The van der Waals surface area contributed by atoms with Gasteiger partial charge in [-0.15, -0.1) is 11.8 Å². The SMILES string of the molecule is CCOc1ccccc1OCC(=O)NNC(=O)CSc1ccc2ccccc2c1. The van der Waals surface area contributed by atoms with Gasteiger partial charge in [0.15, 0.2) is 18.1 Å². The summed E-state index contributed by atoms with van der Waals surface area (Å²) in [6.07, 6.45) is 0. The van der Waals surface area contributed by atoms with Crippen LogP contribution >= 0.6 is 11.8 Å². The van der Waals surface area contributed by atoms with E-state index in [1.807, 2.05) is 55.5 Å². The van der Waals surface area contributed by atoms with Gasteiger partial charge in [-0.3, -0.25) is 20.4 Å². The van der Waals surface area contributed by atoms with Gasteiger partial charge in [-0.05, 0) is 42.0 Å². The molecular weight excluding hydrogens is 388 g/mol. The Bertz CT molecular complexity index is 993. The number of thioether (sulfide) groups is 1. The van der Waals surface area contributed by atoms with Crippen LogP contribution in [0.5, 0.6) is 11.5 Å². The van der Waals surface area contributed by atoms with Gasteiger partial charge in [-0.25, -0.2) is 0 Å². The van der Waals surface area contributed by atoms with Gasteiger partial charge in [0.25, 0.3) is 5.91 Å². The molecule has 7 heteroatoms. The summed E-state index contributed by atoms with van der Waals surface area (Å²) in [6, 6.07) is 21.2. The fraction of sp³-hybridized carbons (Fsp3) is 0.182. The number of hydrogen-bond donors (Lipinski definition) is 2. The fourth-order valence-electron chi connectivity index (χ4n) is 2.61. The van der Waals surface area contributed by atoms with E-state index in [0.29, 0.717) is 18.1 Å². The molecule has 0 unspecified atom stereocenters. The highest BCUT2D eigenvalue weighted by Crippen LogP contribution is 2.26. The smallest absolute Gasteiger partial charge is 0.276 e. The van der Waals surface area contributed by atoms with Crippen LogP contribution in [-0.2, 0) is 9.59 Å². The fourth-order valence-corrected chi connectivity index (χ4v) is 3.35. The van der Waals surface area contributed by atoms with E-state index < -0.39 is 5.91 Å². The number of nitrogens with one attached hydrogen (secondary N) is 2. The molecule has 0 saturated heterocycles. The van der Waals surface area contributed by atoms with Crippen molar-refractivity contribution < 1.29 is 19.1 Å². The van der Waals surface area contributed by atoms with Crippen molar-refractivity contribution in [3.8, 4) is 11.5 Å². The first-order valence-corrected chi connectivity index (χ1v) is 10.2. The van der Waals surface area contributed by atoms with Crippen LogP contribution in [0.15, 0.2) is 71.6 Å². The van der Waals surface area contributed by atoms with E-state index in [-0.39, 0.29) is 18.3 Å². The number of carbonyl (C=O) groups excluding carboxylic acids is 2. The van der Waals surface area contributed by atoms with Crippen molar-refractivity contribution in [1.82, 2.24) is 10.9 Å². The Morgan fingerprint density at radius 2 is 1.48 bits per heavy atom. The van der Waals surface area contributed by atoms with Crippen molar-refractivity contribution in [2.24, 2.45) is 0 Å². The predicted molar refractivity (Wildman–Crippen MR) is 114 cm³/mol. The summed E-state index contributed by atoms with van der Waals surface area (Å²) < 4.78 is 10.9. The number of rotatable bonds is 8. The number of hydrazine groups is 1. The Kier molecular flexibility index (Phi) is 7.35. The van der Waals surface area contributed by atoms with E-state index in [4.69, 9.17) is 9.47 Å². The molecule has 3 rings (SSSR count). The van der Waals surface area contributed by atoms with E-state index in [0.717, 1.165) is 15.7 Å². The molecule has 0 atom stereocenters. The summed E-state index contributed by atoms with van der Waals surface area (Å²) in [6.45, 7) is 2.13. The molecule has 0 heterocycles. The molecule has 0 fully saturated rings. The first-order valence-electron chi connectivity index (χ1n) is 9.19. The third-order valence-corrected chi connectivity index (χ3v) is 4.93. The average molecular weight is 410 g/mol. The van der Waals surface area contributed by atoms with Gasteiger partial charge in [0.2, 0.25) is 5.91 Å². The second-order valence-electron chi connectivity index (χ2n) is 6.06. The minimum Gasteiger partial charge on any atom is -0.490 e. The normalized spacial score (nSPS) is 10.4. The molecule has 0 aromatic heterocycles. The summed E-state index contributed by atoms with van der Waals surface area (Å²) in [5.41, 5.74) is 4.75. The molecule has 0 aliphatic rings. The Morgan fingerprint density at radius 3 is 2.24 bits per heavy atom. The molecule has 0 aliphatic heterocycles. The van der Waals surface area contributed by atoms with Crippen molar-refractivity contribution in [2.75, 3.05) is 19.0 Å². The van der Waals surface area contributed by atoms with Gasteiger partial charge in [-0.1, -0.05) is 42.5 Å². The van der Waals surface area contributed by atoms with E-state index in [1.165, 1.54) is 11.8 Å². The minimum absolute atomic E-state index is 0.187. The maximum atomic E-state index is 12.0. The predicted octanol–water partition coefficient (Wildman–Crippen LogP) is 3.56. The maximum Gasteiger partial charge on any atom is 0.276 e. The quantitative estimate of drug-likeness (QED) is 0.439. The van der Waals surface area contributed by atoms with E-state index >= 15 is 0 Å². The van der Waals surface area contributed by atoms with E-state index in [2.05, 4.69) is 10.9 Å². The van der Waals surface area contributed by atoms with E-state index in [1.54, 1.807) is 18.2 Å². The minimum atomic E-state index is -0.458. The maximum absolute atomic E-state index is 12.0. The summed E-state index contributed by atoms with van der Waals surface area (Å²) in [4.78, 5) is 24.9. The van der Waals surface area contributed by atoms with Gasteiger partial charge in [0.05, 0.1) is 12.4 Å². The zero-order chi connectivity index (χ0) is 20.5. The molecule has 6 nitrogen and oxygen atoms in total. The highest BCUT2D eigenvalue weighted by atomic mass is 32.2. The molecule has 0 spiro atoms. The number of carbonyl (C=O) groups is 2. The summed E-state index contributed by atoms with van der Waals surface area (Å²) in [5, 5.41) is 2.27. The Morgan fingerprint density at radius 1 is 0.828 bits per heavy atom. The lowest BCUT2D eigenvalue weighted by atomic mass is 10.1. The Labute approximate surface area is 173 Å². The average Bonchev–Trinajstić information content (AvgIpc) is 2.75. The van der Waals surface area contributed by atoms with Crippen LogP contribution < -0.4 is 20.3 Å². The molecule has 0 bridgehead atoms. The van der Waals surface area contributed by atoms with Crippen LogP contribution in [0.2, 0.25) is 0 Å². The van der Waals surface area contributed by atoms with Crippen LogP contribution in [0.4, 0.5) is 0 Å². The summed E-state index contributed by atoms with van der Waals surface area (Å²) in [5.74, 6) is 0.472. The third kappa shape index (κ3) is 6.15. The summed E-state index contributed by atoms with van der Waals surface area (Å²) >= 11 is 1.40. The standard InChI is InChI=1S/C22H22N2O4S/c1-2-27-19-9-5-6-10-20(19)28-14-21(25)23-24-22(26)15-29-18-12-11-16-7-3-4-8-17(16)13-18/h3-13H,2,14-15H2,1H3,(H,23,25)(H,24,26). The number of fused-ring (bicyclic) bond motifs is 1. The largest absolute Gasteiger partial charge is 0.490 e. The highest BCUT2D eigenvalue weighted by molar-refractivity contribution is 8.00. The number of para-hydroxylation sites is 2. The molecule has 3 aromatic rings. The monoisotopic (exact) mass is 410 g/mol. The molecule has 29 heavy (non-hydrogen) atoms. The first-order chi connectivity index (χ1) is 14.2. The molecule has 2 amide bonds. The highest BCUT2D eigenvalue weighted by Gasteiger charge is 2.09. The van der Waals surface area contributed by atoms with Crippen LogP contribution in [0.3, 0.4) is 0 Å². The number of benzene rings is 3. The summed E-state index contributed by atoms with van der Waals surface area (Å²) in [7, 11) is 0. The van der Waals surface area contributed by atoms with Crippen LogP contribution in [0.25, 0.3) is 10.8 Å². The molecule has 0 saturated carbocycles. The first kappa shape index (κ1) is 20.5. The van der Waals surface area contributed by atoms with Crippen molar-refractivity contribution in [1.29, 1.82) is 0 Å². The molecule has 0 aliphatic carbocycles. The van der Waals surface area contributed by atoms with Gasteiger partial charge in [0, 0.05) is 4.90 Å². The molecule has 0 radical (unpaired) electrons. The molecular formula is C22H22N2O4S. The Hall–Kier alpha value is -3.19. The lowest BCUT2D eigenvalue weighted by Gasteiger charge is -2.12. The Balaban J connectivity index is 1.41. The third-order valence-electron chi connectivity index (χ3n) is 3.94. The van der Waals surface area contributed by atoms with Crippen molar-refractivity contribution >= 4 is 34.3 Å². The second-order valence-corrected chi connectivity index (χ2v) is 7.11. The van der Waals surface area contributed by atoms with E-state index in [9.17, 15) is 9.59 Å². The zero-order valence-corrected chi connectivity index (χ0v) is 16.8. The topological polar surface area (TPSA) is 76.7 Å². The zero-order valence-electron chi connectivity index (χ0n) is 16.0. The number of amides is 2. The van der Waals surface area contributed by atoms with Crippen LogP contribution in [0.1, 0.15) is 6.92 Å². The second kappa shape index (κ2) is 10.4. The lowest BCUT2D eigenvalue weighted by molar-refractivity contribution is -0.128. The van der Waals surface area contributed by atoms with Crippen LogP contribution in [-0.4, -0.2) is 30.8 Å². The number of hydrogen-bond acceptors (Lipinski definition) is 5. The lowest BCUT2D eigenvalue weighted by Crippen LogP contribution is -2.44. The molecule has 150 valence electrons. The van der Waals surface area contributed by atoms with Gasteiger partial charge < -0.3 is 9.47 Å².